The first-order valence-corrected chi connectivity index (χ1v) is 5.71. The number of nitrogens with one attached hydrogen (secondary N) is 1. The first kappa shape index (κ1) is 10.7. The lowest BCUT2D eigenvalue weighted by atomic mass is 10.0. The van der Waals surface area contributed by atoms with Crippen molar-refractivity contribution in [1.29, 1.82) is 0 Å². The maximum absolute atomic E-state index is 5.49. The minimum Gasteiger partial charge on any atom is -0.469 e. The predicted octanol–water partition coefficient (Wildman–Crippen LogP) is 2.95. The fraction of sp³-hybridized carbons (Fsp3) is 0.692. The van der Waals surface area contributed by atoms with Crippen molar-refractivity contribution >= 4 is 0 Å². The monoisotopic (exact) mass is 207 g/mol. The van der Waals surface area contributed by atoms with E-state index in [1.165, 1.54) is 6.42 Å². The van der Waals surface area contributed by atoms with Crippen LogP contribution in [0.4, 0.5) is 0 Å². The number of rotatable bonds is 3. The molecule has 1 aliphatic rings. The van der Waals surface area contributed by atoms with Gasteiger partial charge in [-0.05, 0) is 51.8 Å². The van der Waals surface area contributed by atoms with E-state index in [0.717, 1.165) is 18.2 Å². The average molecular weight is 207 g/mol. The van der Waals surface area contributed by atoms with E-state index in [2.05, 4.69) is 39.1 Å². The first-order valence-electron chi connectivity index (χ1n) is 5.71. The maximum atomic E-state index is 5.49. The SMILES string of the molecule is CC(C)(C)NCC1CC1(C)c1ccco1. The van der Waals surface area contributed by atoms with Crippen LogP contribution in [0, 0.1) is 5.92 Å². The van der Waals surface area contributed by atoms with Crippen molar-refractivity contribution in [1.82, 2.24) is 5.32 Å². The van der Waals surface area contributed by atoms with Gasteiger partial charge in [0.25, 0.3) is 0 Å². The molecule has 0 aliphatic heterocycles. The Morgan fingerprint density at radius 3 is 2.80 bits per heavy atom. The second kappa shape index (κ2) is 3.38. The summed E-state index contributed by atoms with van der Waals surface area (Å²) in [5, 5.41) is 3.56. The Morgan fingerprint density at radius 2 is 2.27 bits per heavy atom. The zero-order chi connectivity index (χ0) is 11.1. The molecule has 2 heteroatoms. The molecule has 2 atom stereocenters. The average Bonchev–Trinajstić information content (AvgIpc) is 2.63. The van der Waals surface area contributed by atoms with E-state index in [0.29, 0.717) is 0 Å². The molecule has 2 nitrogen and oxygen atoms in total. The highest BCUT2D eigenvalue weighted by Gasteiger charge is 2.53. The summed E-state index contributed by atoms with van der Waals surface area (Å²) in [6, 6.07) is 4.07. The highest BCUT2D eigenvalue weighted by atomic mass is 16.3. The van der Waals surface area contributed by atoms with Gasteiger partial charge in [-0.25, -0.2) is 0 Å². The summed E-state index contributed by atoms with van der Waals surface area (Å²) in [6.45, 7) is 10.0. The van der Waals surface area contributed by atoms with Gasteiger partial charge in [0.1, 0.15) is 5.76 Å². The molecular formula is C13H21NO. The molecule has 0 spiro atoms. The van der Waals surface area contributed by atoms with Gasteiger partial charge in [-0.1, -0.05) is 6.92 Å². The fourth-order valence-electron chi connectivity index (χ4n) is 2.09. The van der Waals surface area contributed by atoms with Gasteiger partial charge in [-0.2, -0.15) is 0 Å². The Morgan fingerprint density at radius 1 is 1.53 bits per heavy atom. The molecule has 0 radical (unpaired) electrons. The number of hydrogen-bond acceptors (Lipinski definition) is 2. The van der Waals surface area contributed by atoms with Gasteiger partial charge in [0.2, 0.25) is 0 Å². The van der Waals surface area contributed by atoms with Crippen LogP contribution in [0.5, 0.6) is 0 Å². The van der Waals surface area contributed by atoms with Crippen LogP contribution in [0.2, 0.25) is 0 Å². The third kappa shape index (κ3) is 2.25. The Balaban J connectivity index is 1.90. The zero-order valence-corrected chi connectivity index (χ0v) is 10.1. The van der Waals surface area contributed by atoms with Crippen LogP contribution < -0.4 is 5.32 Å². The van der Waals surface area contributed by atoms with Crippen molar-refractivity contribution < 1.29 is 4.42 Å². The molecule has 1 heterocycles. The molecule has 0 amide bonds. The molecule has 1 aliphatic carbocycles. The van der Waals surface area contributed by atoms with Gasteiger partial charge in [-0.3, -0.25) is 0 Å². The van der Waals surface area contributed by atoms with Gasteiger partial charge < -0.3 is 9.73 Å². The highest BCUT2D eigenvalue weighted by Crippen LogP contribution is 2.53. The summed E-state index contributed by atoms with van der Waals surface area (Å²) in [5.74, 6) is 1.87. The summed E-state index contributed by atoms with van der Waals surface area (Å²) < 4.78 is 5.49. The van der Waals surface area contributed by atoms with E-state index in [1.807, 2.05) is 6.07 Å². The standard InChI is InChI=1S/C13H21NO/c1-12(2,3)14-9-10-8-13(10,4)11-6-5-7-15-11/h5-7,10,14H,8-9H2,1-4H3. The van der Waals surface area contributed by atoms with Crippen LogP contribution in [0.25, 0.3) is 0 Å². The second-order valence-electron chi connectivity index (χ2n) is 5.93. The van der Waals surface area contributed by atoms with Crippen molar-refractivity contribution in [3.63, 3.8) is 0 Å². The Labute approximate surface area is 92.1 Å². The van der Waals surface area contributed by atoms with Crippen LogP contribution in [-0.4, -0.2) is 12.1 Å². The Bertz CT molecular complexity index is 323. The zero-order valence-electron chi connectivity index (χ0n) is 10.1. The normalized spacial score (nSPS) is 30.5. The summed E-state index contributed by atoms with van der Waals surface area (Å²) in [4.78, 5) is 0. The molecule has 1 fully saturated rings. The minimum atomic E-state index is 0.215. The number of furan rings is 1. The third-order valence-corrected chi connectivity index (χ3v) is 3.37. The van der Waals surface area contributed by atoms with E-state index in [-0.39, 0.29) is 11.0 Å². The molecule has 1 saturated carbocycles. The highest BCUT2D eigenvalue weighted by molar-refractivity contribution is 5.24. The molecule has 0 aromatic carbocycles. The van der Waals surface area contributed by atoms with Crippen molar-refractivity contribution in [2.75, 3.05) is 6.54 Å². The van der Waals surface area contributed by atoms with E-state index < -0.39 is 0 Å². The van der Waals surface area contributed by atoms with Crippen LogP contribution in [0.1, 0.15) is 39.9 Å². The Kier molecular flexibility index (Phi) is 2.42. The van der Waals surface area contributed by atoms with E-state index in [4.69, 9.17) is 4.42 Å². The summed E-state index contributed by atoms with van der Waals surface area (Å²) in [6.07, 6.45) is 3.01. The summed E-state index contributed by atoms with van der Waals surface area (Å²) in [7, 11) is 0. The summed E-state index contributed by atoms with van der Waals surface area (Å²) in [5.41, 5.74) is 0.494. The molecule has 1 aromatic heterocycles. The quantitative estimate of drug-likeness (QED) is 0.824. The largest absolute Gasteiger partial charge is 0.469 e. The molecule has 2 rings (SSSR count). The molecule has 84 valence electrons. The van der Waals surface area contributed by atoms with Gasteiger partial charge in [0.05, 0.1) is 6.26 Å². The topological polar surface area (TPSA) is 25.2 Å². The van der Waals surface area contributed by atoms with E-state index in [9.17, 15) is 0 Å². The third-order valence-electron chi connectivity index (χ3n) is 3.37. The van der Waals surface area contributed by atoms with Crippen LogP contribution in [0.3, 0.4) is 0 Å². The van der Waals surface area contributed by atoms with Crippen molar-refractivity contribution in [3.05, 3.63) is 24.2 Å². The van der Waals surface area contributed by atoms with Crippen LogP contribution >= 0.6 is 0 Å². The van der Waals surface area contributed by atoms with Gasteiger partial charge in [0, 0.05) is 11.0 Å². The van der Waals surface area contributed by atoms with Crippen molar-refractivity contribution in [3.8, 4) is 0 Å². The van der Waals surface area contributed by atoms with Gasteiger partial charge in [-0.15, -0.1) is 0 Å². The Hall–Kier alpha value is -0.760. The van der Waals surface area contributed by atoms with Crippen LogP contribution in [-0.2, 0) is 5.41 Å². The second-order valence-corrected chi connectivity index (χ2v) is 5.93. The minimum absolute atomic E-state index is 0.215. The first-order chi connectivity index (χ1) is 6.92. The molecule has 15 heavy (non-hydrogen) atoms. The molecule has 1 aromatic rings. The maximum Gasteiger partial charge on any atom is 0.109 e. The van der Waals surface area contributed by atoms with Gasteiger partial charge in [0.15, 0.2) is 0 Å². The fourth-order valence-corrected chi connectivity index (χ4v) is 2.09. The van der Waals surface area contributed by atoms with Gasteiger partial charge >= 0.3 is 0 Å². The molecule has 0 saturated heterocycles. The molecule has 1 N–H and O–H groups in total. The van der Waals surface area contributed by atoms with Crippen molar-refractivity contribution in [2.45, 2.75) is 45.1 Å². The van der Waals surface area contributed by atoms with E-state index in [1.54, 1.807) is 6.26 Å². The lowest BCUT2D eigenvalue weighted by Gasteiger charge is -2.21. The predicted molar refractivity (Wildman–Crippen MR) is 61.9 cm³/mol. The smallest absolute Gasteiger partial charge is 0.109 e. The molecular weight excluding hydrogens is 186 g/mol. The lowest BCUT2D eigenvalue weighted by molar-refractivity contribution is 0.390. The lowest BCUT2D eigenvalue weighted by Crippen LogP contribution is -2.37. The number of hydrogen-bond donors (Lipinski definition) is 1. The molecule has 0 bridgehead atoms. The molecule has 2 unspecified atom stereocenters. The van der Waals surface area contributed by atoms with Crippen LogP contribution in [0.15, 0.2) is 22.8 Å². The summed E-state index contributed by atoms with van der Waals surface area (Å²) >= 11 is 0. The van der Waals surface area contributed by atoms with E-state index >= 15 is 0 Å². The van der Waals surface area contributed by atoms with Crippen molar-refractivity contribution in [2.24, 2.45) is 5.92 Å².